The summed E-state index contributed by atoms with van der Waals surface area (Å²) in [7, 11) is 1.41. The third kappa shape index (κ3) is 3.86. The zero-order valence-corrected chi connectivity index (χ0v) is 13.8. The number of hydrogen-bond donors (Lipinski definition) is 4. The Morgan fingerprint density at radius 1 is 1.39 bits per heavy atom. The first-order valence-corrected chi connectivity index (χ1v) is 7.42. The predicted octanol–water partition coefficient (Wildman–Crippen LogP) is 2.06. The number of ether oxygens (including phenoxy) is 2. The van der Waals surface area contributed by atoms with Gasteiger partial charge >= 0.3 is 6.09 Å². The van der Waals surface area contributed by atoms with E-state index in [9.17, 15) is 15.0 Å². The normalized spacial score (nSPS) is 23.8. The van der Waals surface area contributed by atoms with Gasteiger partial charge in [0.2, 0.25) is 0 Å². The first kappa shape index (κ1) is 17.4. The van der Waals surface area contributed by atoms with E-state index in [2.05, 4.69) is 5.32 Å². The highest BCUT2D eigenvalue weighted by atomic mass is 16.6. The first-order valence-electron chi connectivity index (χ1n) is 7.42. The fraction of sp³-hybridized carbons (Fsp3) is 0.562. The number of nitrogens with one attached hydrogen (secondary N) is 1. The van der Waals surface area contributed by atoms with Crippen LogP contribution in [0.3, 0.4) is 0 Å². The number of hydrogen-bond acceptors (Lipinski definition) is 6. The van der Waals surface area contributed by atoms with Gasteiger partial charge in [-0.05, 0) is 51.3 Å². The molecule has 2 rings (SSSR count). The van der Waals surface area contributed by atoms with Gasteiger partial charge in [-0.3, -0.25) is 5.32 Å². The molecule has 7 heteroatoms. The van der Waals surface area contributed by atoms with Crippen LogP contribution in [0.15, 0.2) is 12.1 Å². The minimum atomic E-state index is -0.704. The minimum absolute atomic E-state index is 0.153. The molecule has 0 atom stereocenters. The Morgan fingerprint density at radius 3 is 2.48 bits per heavy atom. The fourth-order valence-electron chi connectivity index (χ4n) is 2.58. The molecular weight excluding hydrogens is 300 g/mol. The summed E-state index contributed by atoms with van der Waals surface area (Å²) in [6.07, 6.45) is -0.312. The molecule has 1 fully saturated rings. The second-order valence-corrected chi connectivity index (χ2v) is 6.92. The molecule has 5 N–H and O–H groups in total. The number of amides is 1. The van der Waals surface area contributed by atoms with E-state index in [1.165, 1.54) is 7.11 Å². The van der Waals surface area contributed by atoms with Crippen LogP contribution in [-0.4, -0.2) is 35.1 Å². The summed E-state index contributed by atoms with van der Waals surface area (Å²) >= 11 is 0. The molecule has 23 heavy (non-hydrogen) atoms. The summed E-state index contributed by atoms with van der Waals surface area (Å²) in [5, 5.41) is 22.2. The lowest BCUT2D eigenvalue weighted by atomic mass is 9.70. The minimum Gasteiger partial charge on any atom is -0.503 e. The highest BCUT2D eigenvalue weighted by Gasteiger charge is 2.42. The van der Waals surface area contributed by atoms with E-state index in [0.29, 0.717) is 18.4 Å². The monoisotopic (exact) mass is 324 g/mol. The number of rotatable bonds is 3. The maximum atomic E-state index is 11.9. The van der Waals surface area contributed by atoms with Gasteiger partial charge in [0.05, 0.1) is 18.9 Å². The molecule has 0 bridgehead atoms. The number of aliphatic hydroxyl groups is 1. The Bertz CT molecular complexity index is 603. The van der Waals surface area contributed by atoms with Gasteiger partial charge in [-0.1, -0.05) is 0 Å². The molecule has 0 spiro atoms. The van der Waals surface area contributed by atoms with E-state index < -0.39 is 23.3 Å². The molecule has 1 amide bonds. The SMILES string of the molecule is COc1cc(C2(N)CC(O)C2)cc(NC(=O)OC(C)(C)C)c1O. The zero-order valence-electron chi connectivity index (χ0n) is 13.8. The third-order valence-corrected chi connectivity index (χ3v) is 3.71. The molecule has 1 aliphatic carbocycles. The zero-order chi connectivity index (χ0) is 17.4. The molecule has 1 aliphatic rings. The highest BCUT2D eigenvalue weighted by molar-refractivity contribution is 5.88. The molecule has 0 radical (unpaired) electrons. The average molecular weight is 324 g/mol. The van der Waals surface area contributed by atoms with Crippen LogP contribution in [0.5, 0.6) is 11.5 Å². The van der Waals surface area contributed by atoms with Crippen molar-refractivity contribution in [2.75, 3.05) is 12.4 Å². The van der Waals surface area contributed by atoms with Crippen molar-refractivity contribution in [3.63, 3.8) is 0 Å². The standard InChI is InChI=1S/C16H24N2O5/c1-15(2,3)23-14(21)18-11-5-9(6-12(22-4)13(11)20)16(17)7-10(19)8-16/h5-6,10,19-20H,7-8,17H2,1-4H3,(H,18,21). The molecule has 0 unspecified atom stereocenters. The van der Waals surface area contributed by atoms with Crippen LogP contribution >= 0.6 is 0 Å². The molecule has 0 saturated heterocycles. The van der Waals surface area contributed by atoms with Crippen LogP contribution in [-0.2, 0) is 10.3 Å². The third-order valence-electron chi connectivity index (χ3n) is 3.71. The molecule has 1 aromatic carbocycles. The van der Waals surface area contributed by atoms with Crippen molar-refractivity contribution < 1.29 is 24.5 Å². The number of nitrogens with two attached hydrogens (primary N) is 1. The molecule has 128 valence electrons. The van der Waals surface area contributed by atoms with E-state index >= 15 is 0 Å². The van der Waals surface area contributed by atoms with Gasteiger partial charge in [-0.15, -0.1) is 0 Å². The number of methoxy groups -OCH3 is 1. The highest BCUT2D eigenvalue weighted by Crippen LogP contribution is 2.44. The van der Waals surface area contributed by atoms with Gasteiger partial charge in [0.1, 0.15) is 5.60 Å². The lowest BCUT2D eigenvalue weighted by Crippen LogP contribution is -2.51. The van der Waals surface area contributed by atoms with E-state index in [1.807, 2.05) is 0 Å². The average Bonchev–Trinajstić information content (AvgIpc) is 2.37. The number of phenols is 1. The maximum absolute atomic E-state index is 11.9. The van der Waals surface area contributed by atoms with Crippen LogP contribution in [0, 0.1) is 0 Å². The van der Waals surface area contributed by atoms with E-state index in [1.54, 1.807) is 32.9 Å². The number of benzene rings is 1. The van der Waals surface area contributed by atoms with Crippen LogP contribution in [0.4, 0.5) is 10.5 Å². The van der Waals surface area contributed by atoms with E-state index in [0.717, 1.165) is 0 Å². The number of aliphatic hydroxyl groups excluding tert-OH is 1. The summed E-state index contributed by atoms with van der Waals surface area (Å²) in [5.41, 5.74) is 5.71. The number of aromatic hydroxyl groups is 1. The summed E-state index contributed by atoms with van der Waals surface area (Å²) in [6.45, 7) is 5.23. The van der Waals surface area contributed by atoms with Crippen LogP contribution < -0.4 is 15.8 Å². The molecular formula is C16H24N2O5. The Kier molecular flexibility index (Phi) is 4.45. The van der Waals surface area contributed by atoms with Crippen LogP contribution in [0.2, 0.25) is 0 Å². The molecule has 0 heterocycles. The van der Waals surface area contributed by atoms with Crippen LogP contribution in [0.25, 0.3) is 0 Å². The van der Waals surface area contributed by atoms with Gasteiger partial charge in [0, 0.05) is 5.54 Å². The number of carbonyl (C=O) groups excluding carboxylic acids is 1. The summed E-state index contributed by atoms with van der Waals surface area (Å²) in [6, 6.07) is 3.19. The number of anilines is 1. The molecule has 7 nitrogen and oxygen atoms in total. The second kappa shape index (κ2) is 5.90. The van der Waals surface area contributed by atoms with E-state index in [-0.39, 0.29) is 17.2 Å². The Labute approximate surface area is 135 Å². The largest absolute Gasteiger partial charge is 0.503 e. The maximum Gasteiger partial charge on any atom is 0.412 e. The summed E-state index contributed by atoms with van der Waals surface area (Å²) < 4.78 is 10.3. The van der Waals surface area contributed by atoms with Crippen molar-refractivity contribution in [1.82, 2.24) is 0 Å². The molecule has 1 aromatic rings. The van der Waals surface area contributed by atoms with Gasteiger partial charge in [-0.2, -0.15) is 0 Å². The predicted molar refractivity (Wildman–Crippen MR) is 85.6 cm³/mol. The summed E-state index contributed by atoms with van der Waals surface area (Å²) in [5.74, 6) is -0.00893. The van der Waals surface area contributed by atoms with Gasteiger partial charge < -0.3 is 25.4 Å². The molecule has 1 saturated carbocycles. The lowest BCUT2D eigenvalue weighted by molar-refractivity contribution is 0.0208. The fourth-order valence-corrected chi connectivity index (χ4v) is 2.58. The Hall–Kier alpha value is -1.99. The van der Waals surface area contributed by atoms with Crippen molar-refractivity contribution in [3.05, 3.63) is 17.7 Å². The first-order chi connectivity index (χ1) is 10.5. The van der Waals surface area contributed by atoms with Crippen LogP contribution in [0.1, 0.15) is 39.2 Å². The lowest BCUT2D eigenvalue weighted by Gasteiger charge is -2.43. The number of carbonyl (C=O) groups is 1. The Morgan fingerprint density at radius 2 is 2.00 bits per heavy atom. The van der Waals surface area contributed by atoms with Crippen molar-refractivity contribution in [2.24, 2.45) is 5.73 Å². The van der Waals surface area contributed by atoms with E-state index in [4.69, 9.17) is 15.2 Å². The molecule has 0 aromatic heterocycles. The summed E-state index contributed by atoms with van der Waals surface area (Å²) in [4.78, 5) is 11.9. The van der Waals surface area contributed by atoms with Crippen molar-refractivity contribution in [1.29, 1.82) is 0 Å². The van der Waals surface area contributed by atoms with Crippen molar-refractivity contribution in [2.45, 2.75) is 50.9 Å². The molecule has 0 aliphatic heterocycles. The number of phenolic OH excluding ortho intramolecular Hbond substituents is 1. The van der Waals surface area contributed by atoms with Gasteiger partial charge in [0.15, 0.2) is 11.5 Å². The Balaban J connectivity index is 2.30. The quantitative estimate of drug-likeness (QED) is 0.633. The van der Waals surface area contributed by atoms with Gasteiger partial charge in [0.25, 0.3) is 0 Å². The van der Waals surface area contributed by atoms with Crippen molar-refractivity contribution in [3.8, 4) is 11.5 Å². The smallest absolute Gasteiger partial charge is 0.412 e. The van der Waals surface area contributed by atoms with Crippen molar-refractivity contribution >= 4 is 11.8 Å². The topological polar surface area (TPSA) is 114 Å². The second-order valence-electron chi connectivity index (χ2n) is 6.92. The van der Waals surface area contributed by atoms with Gasteiger partial charge in [-0.25, -0.2) is 4.79 Å².